The van der Waals surface area contributed by atoms with Crippen LogP contribution in [-0.2, 0) is 35.1 Å². The van der Waals surface area contributed by atoms with E-state index in [1.54, 1.807) is 41.5 Å². The summed E-state index contributed by atoms with van der Waals surface area (Å²) in [5, 5.41) is 3.64. The van der Waals surface area contributed by atoms with E-state index in [1.807, 2.05) is 30.3 Å². The summed E-state index contributed by atoms with van der Waals surface area (Å²) < 4.78 is 19.6. The SMILES string of the molecule is CC(C)[C@H](OC(=O)[C@H](NC(=O)OC(C)(C)C)[C@H](C)OCc1ccccc1)[C@H](NC(=O)OCC(Cl)(Cl)Cl)C(=O)Cl. The van der Waals surface area contributed by atoms with E-state index in [0.717, 1.165) is 5.56 Å². The summed E-state index contributed by atoms with van der Waals surface area (Å²) in [5.74, 6) is -1.49. The van der Waals surface area contributed by atoms with Crippen LogP contribution >= 0.6 is 46.4 Å². The van der Waals surface area contributed by atoms with Crippen molar-refractivity contribution in [2.75, 3.05) is 6.61 Å². The Morgan fingerprint density at radius 1 is 0.897 bits per heavy atom. The summed E-state index contributed by atoms with van der Waals surface area (Å²) in [5.41, 5.74) is -0.0144. The number of halogens is 4. The number of esters is 1. The Hall–Kier alpha value is -1.98. The Bertz CT molecular complexity index is 967. The number of hydrogen-bond donors (Lipinski definition) is 2. The standard InChI is InChI=1S/C25H34Cl4N2O8/c1-14(2)19(18(20(26)32)31-22(34)37-13-25(27,28)29)38-21(33)17(30-23(35)39-24(4,5)6)15(3)36-12-16-10-8-7-9-11-16/h7-11,14-15,17-19H,12-13H2,1-6H3,(H,30,35)(H,31,34)/t15-,17+,18-,19-/m0/s1. The van der Waals surface area contributed by atoms with Crippen molar-refractivity contribution in [3.8, 4) is 0 Å². The topological polar surface area (TPSA) is 129 Å². The lowest BCUT2D eigenvalue weighted by Crippen LogP contribution is -2.55. The second kappa shape index (κ2) is 15.7. The van der Waals surface area contributed by atoms with Crippen LogP contribution in [0.15, 0.2) is 30.3 Å². The third kappa shape index (κ3) is 14.3. The molecule has 220 valence electrons. The Morgan fingerprint density at radius 2 is 1.46 bits per heavy atom. The summed E-state index contributed by atoms with van der Waals surface area (Å²) in [6.45, 7) is 9.32. The van der Waals surface area contributed by atoms with Gasteiger partial charge in [0.2, 0.25) is 9.03 Å². The van der Waals surface area contributed by atoms with Crippen molar-refractivity contribution in [3.63, 3.8) is 0 Å². The predicted molar refractivity (Wildman–Crippen MR) is 148 cm³/mol. The van der Waals surface area contributed by atoms with Crippen LogP contribution in [0.25, 0.3) is 0 Å². The van der Waals surface area contributed by atoms with Gasteiger partial charge in [-0.1, -0.05) is 79.0 Å². The quantitative estimate of drug-likeness (QED) is 0.138. The number of alkyl carbamates (subject to hydrolysis) is 2. The van der Waals surface area contributed by atoms with Crippen molar-refractivity contribution in [3.05, 3.63) is 35.9 Å². The fourth-order valence-corrected chi connectivity index (χ4v) is 3.42. The van der Waals surface area contributed by atoms with E-state index in [1.165, 1.54) is 0 Å². The molecule has 10 nitrogen and oxygen atoms in total. The van der Waals surface area contributed by atoms with Crippen molar-refractivity contribution < 1.29 is 38.1 Å². The fraction of sp³-hybridized carbons (Fsp3) is 0.600. The Kier molecular flexibility index (Phi) is 14.1. The van der Waals surface area contributed by atoms with Crippen LogP contribution in [0, 0.1) is 5.92 Å². The van der Waals surface area contributed by atoms with Gasteiger partial charge < -0.3 is 29.6 Å². The van der Waals surface area contributed by atoms with Crippen LogP contribution in [0.3, 0.4) is 0 Å². The molecule has 0 saturated heterocycles. The van der Waals surface area contributed by atoms with Crippen LogP contribution < -0.4 is 10.6 Å². The van der Waals surface area contributed by atoms with Gasteiger partial charge in [0.05, 0.1) is 12.7 Å². The summed E-state index contributed by atoms with van der Waals surface area (Å²) in [6, 6.07) is 6.29. The van der Waals surface area contributed by atoms with Gasteiger partial charge in [-0.25, -0.2) is 14.4 Å². The molecule has 0 saturated carbocycles. The number of ether oxygens (including phenoxy) is 4. The predicted octanol–water partition coefficient (Wildman–Crippen LogP) is 5.28. The molecule has 0 unspecified atom stereocenters. The second-order valence-electron chi connectivity index (χ2n) is 9.89. The van der Waals surface area contributed by atoms with Crippen LogP contribution in [-0.4, -0.2) is 63.7 Å². The first-order valence-corrected chi connectivity index (χ1v) is 13.5. The normalized spacial score (nSPS) is 14.9. The van der Waals surface area contributed by atoms with Crippen molar-refractivity contribution in [2.45, 2.75) is 81.8 Å². The van der Waals surface area contributed by atoms with Crippen LogP contribution in [0.1, 0.15) is 47.1 Å². The molecule has 0 bridgehead atoms. The molecule has 0 aliphatic heterocycles. The molecule has 2 N–H and O–H groups in total. The molecule has 0 aromatic heterocycles. The second-order valence-corrected chi connectivity index (χ2v) is 12.8. The van der Waals surface area contributed by atoms with Gasteiger partial charge in [0.1, 0.15) is 24.4 Å². The average Bonchev–Trinajstić information content (AvgIpc) is 2.80. The Labute approximate surface area is 248 Å². The van der Waals surface area contributed by atoms with Crippen molar-refractivity contribution in [1.82, 2.24) is 10.6 Å². The van der Waals surface area contributed by atoms with Gasteiger partial charge >= 0.3 is 18.2 Å². The van der Waals surface area contributed by atoms with E-state index in [4.69, 9.17) is 65.4 Å². The van der Waals surface area contributed by atoms with Gasteiger partial charge in [0, 0.05) is 0 Å². The smallest absolute Gasteiger partial charge is 0.408 e. The van der Waals surface area contributed by atoms with Crippen LogP contribution in [0.2, 0.25) is 0 Å². The zero-order valence-corrected chi connectivity index (χ0v) is 25.5. The maximum absolute atomic E-state index is 13.4. The number of carbonyl (C=O) groups is 4. The van der Waals surface area contributed by atoms with E-state index >= 15 is 0 Å². The van der Waals surface area contributed by atoms with Crippen molar-refractivity contribution in [2.24, 2.45) is 5.92 Å². The molecular weight excluding hydrogens is 598 g/mol. The number of carbonyl (C=O) groups excluding carboxylic acids is 4. The molecule has 0 fully saturated rings. The van der Waals surface area contributed by atoms with Crippen LogP contribution in [0.4, 0.5) is 9.59 Å². The van der Waals surface area contributed by atoms with E-state index in [-0.39, 0.29) is 6.61 Å². The highest BCUT2D eigenvalue weighted by molar-refractivity contribution is 6.67. The first-order valence-electron chi connectivity index (χ1n) is 11.9. The van der Waals surface area contributed by atoms with Gasteiger partial charge in [-0.15, -0.1) is 0 Å². The molecule has 0 heterocycles. The van der Waals surface area contributed by atoms with Crippen LogP contribution in [0.5, 0.6) is 0 Å². The molecule has 39 heavy (non-hydrogen) atoms. The molecule has 0 radical (unpaired) electrons. The highest BCUT2D eigenvalue weighted by atomic mass is 35.6. The van der Waals surface area contributed by atoms with E-state index in [9.17, 15) is 19.2 Å². The molecule has 4 atom stereocenters. The van der Waals surface area contributed by atoms with E-state index in [0.29, 0.717) is 0 Å². The summed E-state index contributed by atoms with van der Waals surface area (Å²) in [4.78, 5) is 50.3. The molecule has 0 aliphatic carbocycles. The van der Waals surface area contributed by atoms with Gasteiger partial charge in [-0.2, -0.15) is 0 Å². The number of nitrogens with one attached hydrogen (secondary N) is 2. The highest BCUT2D eigenvalue weighted by Crippen LogP contribution is 2.26. The first-order chi connectivity index (χ1) is 17.9. The zero-order valence-electron chi connectivity index (χ0n) is 22.5. The lowest BCUT2D eigenvalue weighted by Gasteiger charge is -2.31. The molecule has 1 aromatic rings. The number of alkyl halides is 3. The summed E-state index contributed by atoms with van der Waals surface area (Å²) >= 11 is 22.5. The number of hydrogen-bond acceptors (Lipinski definition) is 8. The van der Waals surface area contributed by atoms with Gasteiger partial charge in [0.15, 0.2) is 6.04 Å². The van der Waals surface area contributed by atoms with Gasteiger partial charge in [0.25, 0.3) is 0 Å². The number of rotatable bonds is 12. The average molecular weight is 632 g/mol. The van der Waals surface area contributed by atoms with E-state index in [2.05, 4.69) is 10.6 Å². The molecule has 14 heteroatoms. The zero-order chi connectivity index (χ0) is 30.0. The summed E-state index contributed by atoms with van der Waals surface area (Å²) in [7, 11) is 0. The Morgan fingerprint density at radius 3 is 1.95 bits per heavy atom. The van der Waals surface area contributed by atoms with Gasteiger partial charge in [-0.05, 0) is 50.8 Å². The Balaban J connectivity index is 3.12. The summed E-state index contributed by atoms with van der Waals surface area (Å²) in [6.07, 6.45) is -4.19. The molecule has 1 aromatic carbocycles. The molecule has 2 amide bonds. The third-order valence-corrected chi connectivity index (χ3v) is 5.44. The maximum Gasteiger partial charge on any atom is 0.408 e. The molecule has 0 spiro atoms. The fourth-order valence-electron chi connectivity index (χ4n) is 3.08. The third-order valence-electron chi connectivity index (χ3n) is 4.87. The molecule has 1 rings (SSSR count). The minimum atomic E-state index is -1.89. The first kappa shape index (κ1) is 35.0. The number of benzene rings is 1. The highest BCUT2D eigenvalue weighted by Gasteiger charge is 2.39. The lowest BCUT2D eigenvalue weighted by molar-refractivity contribution is -0.160. The largest absolute Gasteiger partial charge is 0.458 e. The minimum absolute atomic E-state index is 0.134. The number of amides is 2. The monoisotopic (exact) mass is 630 g/mol. The van der Waals surface area contributed by atoms with Crippen molar-refractivity contribution >= 4 is 69.8 Å². The molecule has 0 aliphatic rings. The molecular formula is C25H34Cl4N2O8. The minimum Gasteiger partial charge on any atom is -0.458 e. The van der Waals surface area contributed by atoms with E-state index < -0.39 is 69.6 Å². The lowest BCUT2D eigenvalue weighted by atomic mass is 10.00. The van der Waals surface area contributed by atoms with Crippen molar-refractivity contribution in [1.29, 1.82) is 0 Å². The van der Waals surface area contributed by atoms with Gasteiger partial charge in [-0.3, -0.25) is 4.79 Å². The maximum atomic E-state index is 13.4.